The van der Waals surface area contributed by atoms with Gasteiger partial charge < -0.3 is 10.1 Å². The van der Waals surface area contributed by atoms with Gasteiger partial charge in [0.05, 0.1) is 7.11 Å². The monoisotopic (exact) mass is 289 g/mol. The van der Waals surface area contributed by atoms with Gasteiger partial charge in [0.2, 0.25) is 0 Å². The van der Waals surface area contributed by atoms with Gasteiger partial charge in [-0.15, -0.1) is 12.4 Å². The van der Waals surface area contributed by atoms with Crippen molar-refractivity contribution in [3.63, 3.8) is 0 Å². The van der Waals surface area contributed by atoms with E-state index in [1.54, 1.807) is 7.11 Å². The number of rotatable bonds is 3. The highest BCUT2D eigenvalue weighted by molar-refractivity contribution is 5.85. The summed E-state index contributed by atoms with van der Waals surface area (Å²) in [6.07, 6.45) is 2.14. The van der Waals surface area contributed by atoms with Gasteiger partial charge >= 0.3 is 0 Å². The second-order valence-corrected chi connectivity index (χ2v) is 5.01. The Hall–Kier alpha value is -1.51. The molecule has 0 aliphatic carbocycles. The number of ether oxygens (including phenoxy) is 1. The molecule has 0 fully saturated rings. The van der Waals surface area contributed by atoms with Gasteiger partial charge in [-0.3, -0.25) is 0 Å². The Balaban J connectivity index is 0.00000147. The zero-order chi connectivity index (χ0) is 13.1. The van der Waals surface area contributed by atoms with Crippen molar-refractivity contribution in [2.24, 2.45) is 0 Å². The minimum atomic E-state index is 0. The highest BCUT2D eigenvalue weighted by atomic mass is 35.5. The van der Waals surface area contributed by atoms with Crippen LogP contribution in [-0.4, -0.2) is 13.7 Å². The highest BCUT2D eigenvalue weighted by Crippen LogP contribution is 2.26. The first-order valence-corrected chi connectivity index (χ1v) is 6.81. The molecule has 1 N–H and O–H groups in total. The maximum atomic E-state index is 5.29. The molecule has 1 unspecified atom stereocenters. The molecule has 0 bridgehead atoms. The molecule has 20 heavy (non-hydrogen) atoms. The van der Waals surface area contributed by atoms with Crippen LogP contribution >= 0.6 is 12.4 Å². The molecule has 1 atom stereocenters. The van der Waals surface area contributed by atoms with Crippen LogP contribution in [0.4, 0.5) is 0 Å². The summed E-state index contributed by atoms with van der Waals surface area (Å²) in [5.41, 5.74) is 4.24. The van der Waals surface area contributed by atoms with E-state index >= 15 is 0 Å². The summed E-state index contributed by atoms with van der Waals surface area (Å²) in [5.74, 6) is 0.932. The van der Waals surface area contributed by atoms with E-state index in [-0.39, 0.29) is 12.4 Å². The fourth-order valence-electron chi connectivity index (χ4n) is 2.81. The second kappa shape index (κ2) is 6.78. The van der Waals surface area contributed by atoms with Crippen LogP contribution in [-0.2, 0) is 12.8 Å². The number of methoxy groups -OCH3 is 1. The topological polar surface area (TPSA) is 21.3 Å². The van der Waals surface area contributed by atoms with Crippen LogP contribution in [0.5, 0.6) is 5.75 Å². The quantitative estimate of drug-likeness (QED) is 0.933. The molecule has 1 aliphatic rings. The van der Waals surface area contributed by atoms with Gasteiger partial charge in [0.1, 0.15) is 5.75 Å². The Labute approximate surface area is 126 Å². The predicted octanol–water partition coefficient (Wildman–Crippen LogP) is 3.55. The number of nitrogens with one attached hydrogen (secondary N) is 1. The smallest absolute Gasteiger partial charge is 0.119 e. The number of fused-ring (bicyclic) bond motifs is 1. The fraction of sp³-hybridized carbons (Fsp3) is 0.294. The van der Waals surface area contributed by atoms with Crippen LogP contribution in [0.2, 0.25) is 0 Å². The summed E-state index contributed by atoms with van der Waals surface area (Å²) >= 11 is 0. The van der Waals surface area contributed by atoms with Crippen molar-refractivity contribution in [1.29, 1.82) is 0 Å². The molecule has 0 saturated heterocycles. The summed E-state index contributed by atoms with van der Waals surface area (Å²) in [7, 11) is 1.72. The third kappa shape index (κ3) is 3.14. The molecule has 0 saturated carbocycles. The second-order valence-electron chi connectivity index (χ2n) is 5.01. The summed E-state index contributed by atoms with van der Waals surface area (Å²) in [5, 5.41) is 3.62. The van der Waals surface area contributed by atoms with Crippen LogP contribution < -0.4 is 10.1 Å². The molecule has 3 heteroatoms. The average molecular weight is 290 g/mol. The third-order valence-electron chi connectivity index (χ3n) is 3.79. The van der Waals surface area contributed by atoms with E-state index in [4.69, 9.17) is 4.74 Å². The first-order valence-electron chi connectivity index (χ1n) is 6.81. The van der Waals surface area contributed by atoms with E-state index in [0.29, 0.717) is 6.04 Å². The Bertz CT molecular complexity index is 570. The largest absolute Gasteiger partial charge is 0.497 e. The Morgan fingerprint density at radius 1 is 1.15 bits per heavy atom. The van der Waals surface area contributed by atoms with Gasteiger partial charge in [-0.05, 0) is 48.2 Å². The van der Waals surface area contributed by atoms with Crippen LogP contribution in [0.3, 0.4) is 0 Å². The lowest BCUT2D eigenvalue weighted by Gasteiger charge is -2.27. The van der Waals surface area contributed by atoms with Gasteiger partial charge in [-0.2, -0.15) is 0 Å². The molecule has 1 aliphatic heterocycles. The fourth-order valence-corrected chi connectivity index (χ4v) is 2.81. The SMILES string of the molecule is COc1cccc(CC2NCCc3ccccc32)c1.Cl. The average Bonchev–Trinajstić information content (AvgIpc) is 2.48. The third-order valence-corrected chi connectivity index (χ3v) is 3.79. The molecule has 0 aromatic heterocycles. The van der Waals surface area contributed by atoms with Crippen LogP contribution in [0.15, 0.2) is 48.5 Å². The van der Waals surface area contributed by atoms with Crippen molar-refractivity contribution in [2.75, 3.05) is 13.7 Å². The van der Waals surface area contributed by atoms with Gasteiger partial charge in [-0.1, -0.05) is 36.4 Å². The lowest BCUT2D eigenvalue weighted by Crippen LogP contribution is -2.31. The maximum Gasteiger partial charge on any atom is 0.119 e. The van der Waals surface area contributed by atoms with Crippen LogP contribution in [0.25, 0.3) is 0 Å². The van der Waals surface area contributed by atoms with E-state index in [0.717, 1.165) is 25.1 Å². The minimum absolute atomic E-state index is 0. The molecule has 0 amide bonds. The lowest BCUT2D eigenvalue weighted by atomic mass is 9.90. The Morgan fingerprint density at radius 2 is 2.00 bits per heavy atom. The first kappa shape index (κ1) is 14.9. The van der Waals surface area contributed by atoms with Crippen LogP contribution in [0.1, 0.15) is 22.7 Å². The van der Waals surface area contributed by atoms with E-state index < -0.39 is 0 Å². The van der Waals surface area contributed by atoms with Crippen molar-refractivity contribution in [1.82, 2.24) is 5.32 Å². The first-order chi connectivity index (χ1) is 9.36. The van der Waals surface area contributed by atoms with Crippen molar-refractivity contribution >= 4 is 12.4 Å². The zero-order valence-corrected chi connectivity index (χ0v) is 12.5. The number of hydrogen-bond acceptors (Lipinski definition) is 2. The molecular formula is C17H20ClNO. The normalized spacial score (nSPS) is 16.9. The molecule has 2 nitrogen and oxygen atoms in total. The van der Waals surface area contributed by atoms with E-state index in [2.05, 4.69) is 47.8 Å². The summed E-state index contributed by atoms with van der Waals surface area (Å²) in [6.45, 7) is 1.06. The van der Waals surface area contributed by atoms with E-state index in [1.807, 2.05) is 6.07 Å². The predicted molar refractivity (Wildman–Crippen MR) is 84.8 cm³/mol. The van der Waals surface area contributed by atoms with Gasteiger partial charge in [-0.25, -0.2) is 0 Å². The summed E-state index contributed by atoms with van der Waals surface area (Å²) in [4.78, 5) is 0. The Morgan fingerprint density at radius 3 is 2.85 bits per heavy atom. The van der Waals surface area contributed by atoms with Crippen molar-refractivity contribution in [3.05, 3.63) is 65.2 Å². The number of benzene rings is 2. The molecule has 0 spiro atoms. The standard InChI is InChI=1S/C17H19NO.ClH/c1-19-15-7-4-5-13(11-15)12-17-16-8-3-2-6-14(16)9-10-18-17;/h2-8,11,17-18H,9-10,12H2,1H3;1H. The number of hydrogen-bond donors (Lipinski definition) is 1. The maximum absolute atomic E-state index is 5.29. The van der Waals surface area contributed by atoms with Gasteiger partial charge in [0, 0.05) is 6.04 Å². The van der Waals surface area contributed by atoms with Gasteiger partial charge in [0.15, 0.2) is 0 Å². The molecule has 106 valence electrons. The summed E-state index contributed by atoms with van der Waals surface area (Å²) < 4.78 is 5.29. The van der Waals surface area contributed by atoms with Crippen molar-refractivity contribution in [3.8, 4) is 5.75 Å². The molecule has 0 radical (unpaired) electrons. The molecule has 2 aromatic rings. The van der Waals surface area contributed by atoms with Gasteiger partial charge in [0.25, 0.3) is 0 Å². The molecule has 1 heterocycles. The lowest BCUT2D eigenvalue weighted by molar-refractivity contribution is 0.413. The minimum Gasteiger partial charge on any atom is -0.497 e. The number of halogens is 1. The summed E-state index contributed by atoms with van der Waals surface area (Å²) in [6, 6.07) is 17.5. The zero-order valence-electron chi connectivity index (χ0n) is 11.6. The van der Waals surface area contributed by atoms with E-state index in [1.165, 1.54) is 16.7 Å². The highest BCUT2D eigenvalue weighted by Gasteiger charge is 2.19. The molecule has 3 rings (SSSR count). The molecular weight excluding hydrogens is 270 g/mol. The molecule has 2 aromatic carbocycles. The van der Waals surface area contributed by atoms with Crippen molar-refractivity contribution < 1.29 is 4.74 Å². The van der Waals surface area contributed by atoms with Crippen molar-refractivity contribution in [2.45, 2.75) is 18.9 Å². The van der Waals surface area contributed by atoms with Crippen LogP contribution in [0, 0.1) is 0 Å². The Kier molecular flexibility index (Phi) is 5.05. The van der Waals surface area contributed by atoms with E-state index in [9.17, 15) is 0 Å².